The van der Waals surface area contributed by atoms with E-state index in [1.165, 1.54) is 12.1 Å². The number of nitrogens with zero attached hydrogens (tertiary/aromatic N) is 1. The van der Waals surface area contributed by atoms with Gasteiger partial charge in [-0.15, -0.1) is 0 Å². The van der Waals surface area contributed by atoms with Crippen LogP contribution in [0.1, 0.15) is 19.3 Å². The predicted octanol–water partition coefficient (Wildman–Crippen LogP) is 3.34. The molecule has 5 nitrogen and oxygen atoms in total. The molecule has 2 atom stereocenters. The van der Waals surface area contributed by atoms with E-state index in [0.29, 0.717) is 12.1 Å². The third kappa shape index (κ3) is 3.00. The van der Waals surface area contributed by atoms with Gasteiger partial charge in [0.2, 0.25) is 0 Å². The molecular formula is C12H15BrN2O3. The fourth-order valence-electron chi connectivity index (χ4n) is 2.24. The van der Waals surface area contributed by atoms with Crippen LogP contribution in [-0.2, 0) is 4.74 Å². The smallest absolute Gasteiger partial charge is 0.270 e. The second-order valence-electron chi connectivity index (χ2n) is 4.43. The standard InChI is InChI=1S/C12H15BrN2O3/c1-18-10-4-2-8(6-10)14-12-5-3-9(15(16)17)7-11(12)13/h3,5,7-8,10,14H,2,4,6H2,1H3. The van der Waals surface area contributed by atoms with Gasteiger partial charge in [0, 0.05) is 35.4 Å². The number of hydrogen-bond donors (Lipinski definition) is 1. The number of nitrogens with one attached hydrogen (secondary N) is 1. The fourth-order valence-corrected chi connectivity index (χ4v) is 2.72. The molecule has 1 aromatic rings. The molecule has 0 saturated heterocycles. The van der Waals surface area contributed by atoms with E-state index in [1.54, 1.807) is 13.2 Å². The summed E-state index contributed by atoms with van der Waals surface area (Å²) in [5.41, 5.74) is 0.982. The van der Waals surface area contributed by atoms with E-state index >= 15 is 0 Å². The van der Waals surface area contributed by atoms with E-state index in [0.717, 1.165) is 29.4 Å². The molecule has 0 radical (unpaired) electrons. The van der Waals surface area contributed by atoms with Crippen LogP contribution in [-0.4, -0.2) is 24.2 Å². The highest BCUT2D eigenvalue weighted by Crippen LogP contribution is 2.31. The van der Waals surface area contributed by atoms with Gasteiger partial charge >= 0.3 is 0 Å². The number of nitro groups is 1. The van der Waals surface area contributed by atoms with Crippen molar-refractivity contribution < 1.29 is 9.66 Å². The second-order valence-corrected chi connectivity index (χ2v) is 5.29. The van der Waals surface area contributed by atoms with Crippen molar-refractivity contribution in [2.45, 2.75) is 31.4 Å². The Kier molecular flexibility index (Phi) is 4.19. The summed E-state index contributed by atoms with van der Waals surface area (Å²) >= 11 is 3.36. The van der Waals surface area contributed by atoms with Crippen molar-refractivity contribution >= 4 is 27.3 Å². The maximum atomic E-state index is 10.6. The van der Waals surface area contributed by atoms with Crippen LogP contribution in [0.3, 0.4) is 0 Å². The van der Waals surface area contributed by atoms with Crippen molar-refractivity contribution in [2.24, 2.45) is 0 Å². The summed E-state index contributed by atoms with van der Waals surface area (Å²) in [7, 11) is 1.73. The Labute approximate surface area is 114 Å². The number of halogens is 1. The number of ether oxygens (including phenoxy) is 1. The average Bonchev–Trinajstić information content (AvgIpc) is 2.79. The van der Waals surface area contributed by atoms with Crippen LogP contribution in [0.5, 0.6) is 0 Å². The molecule has 2 unspecified atom stereocenters. The van der Waals surface area contributed by atoms with Gasteiger partial charge in [-0.3, -0.25) is 10.1 Å². The molecular weight excluding hydrogens is 300 g/mol. The number of nitro benzene ring substituents is 1. The minimum absolute atomic E-state index is 0.0913. The predicted molar refractivity (Wildman–Crippen MR) is 72.9 cm³/mol. The lowest BCUT2D eigenvalue weighted by Crippen LogP contribution is -2.17. The van der Waals surface area contributed by atoms with E-state index in [1.807, 2.05) is 0 Å². The Morgan fingerprint density at radius 2 is 2.28 bits per heavy atom. The largest absolute Gasteiger partial charge is 0.381 e. The molecule has 1 fully saturated rings. The van der Waals surface area contributed by atoms with Gasteiger partial charge in [-0.05, 0) is 41.3 Å². The maximum Gasteiger partial charge on any atom is 0.270 e. The lowest BCUT2D eigenvalue weighted by atomic mass is 10.2. The molecule has 1 N–H and O–H groups in total. The molecule has 1 aliphatic rings. The van der Waals surface area contributed by atoms with Crippen LogP contribution in [0.4, 0.5) is 11.4 Å². The Hall–Kier alpha value is -1.14. The van der Waals surface area contributed by atoms with Crippen LogP contribution in [0, 0.1) is 10.1 Å². The zero-order valence-electron chi connectivity index (χ0n) is 10.1. The molecule has 0 spiro atoms. The number of benzene rings is 1. The molecule has 1 aliphatic carbocycles. The first-order valence-electron chi connectivity index (χ1n) is 5.83. The quantitative estimate of drug-likeness (QED) is 0.684. The molecule has 6 heteroatoms. The molecule has 0 bridgehead atoms. The summed E-state index contributed by atoms with van der Waals surface area (Å²) in [6.45, 7) is 0. The van der Waals surface area contributed by atoms with Crippen molar-refractivity contribution in [3.05, 3.63) is 32.8 Å². The first-order chi connectivity index (χ1) is 8.60. The van der Waals surface area contributed by atoms with E-state index in [-0.39, 0.29) is 5.69 Å². The van der Waals surface area contributed by atoms with Gasteiger partial charge in [0.15, 0.2) is 0 Å². The van der Waals surface area contributed by atoms with Gasteiger partial charge in [-0.25, -0.2) is 0 Å². The topological polar surface area (TPSA) is 64.4 Å². The van der Waals surface area contributed by atoms with Crippen molar-refractivity contribution in [1.29, 1.82) is 0 Å². The fraction of sp³-hybridized carbons (Fsp3) is 0.500. The summed E-state index contributed by atoms with van der Waals surface area (Å²) < 4.78 is 6.04. The van der Waals surface area contributed by atoms with Crippen LogP contribution in [0.2, 0.25) is 0 Å². The van der Waals surface area contributed by atoms with Gasteiger partial charge in [-0.1, -0.05) is 0 Å². The number of hydrogen-bond acceptors (Lipinski definition) is 4. The SMILES string of the molecule is COC1CCC(Nc2ccc([N+](=O)[O-])cc2Br)C1. The Balaban J connectivity index is 2.04. The second kappa shape index (κ2) is 5.67. The highest BCUT2D eigenvalue weighted by Gasteiger charge is 2.24. The van der Waals surface area contributed by atoms with E-state index in [9.17, 15) is 10.1 Å². The Bertz CT molecular complexity index is 453. The van der Waals surface area contributed by atoms with Crippen molar-refractivity contribution in [3.8, 4) is 0 Å². The minimum atomic E-state index is -0.398. The molecule has 0 aromatic heterocycles. The monoisotopic (exact) mass is 314 g/mol. The van der Waals surface area contributed by atoms with Gasteiger partial charge in [0.25, 0.3) is 5.69 Å². The van der Waals surface area contributed by atoms with Gasteiger partial charge in [0.1, 0.15) is 0 Å². The third-order valence-electron chi connectivity index (χ3n) is 3.24. The highest BCUT2D eigenvalue weighted by atomic mass is 79.9. The maximum absolute atomic E-state index is 10.6. The zero-order valence-corrected chi connectivity index (χ0v) is 11.6. The van der Waals surface area contributed by atoms with Gasteiger partial charge < -0.3 is 10.1 Å². The van der Waals surface area contributed by atoms with Crippen LogP contribution in [0.15, 0.2) is 22.7 Å². The van der Waals surface area contributed by atoms with Gasteiger partial charge in [0.05, 0.1) is 11.0 Å². The molecule has 1 aromatic carbocycles. The summed E-state index contributed by atoms with van der Waals surface area (Å²) in [5.74, 6) is 0. The normalized spacial score (nSPS) is 23.0. The van der Waals surface area contributed by atoms with Crippen LogP contribution in [0.25, 0.3) is 0 Å². The first kappa shape index (κ1) is 13.3. The Morgan fingerprint density at radius 1 is 1.50 bits per heavy atom. The molecule has 0 heterocycles. The van der Waals surface area contributed by atoms with Crippen molar-refractivity contribution in [1.82, 2.24) is 0 Å². The first-order valence-corrected chi connectivity index (χ1v) is 6.62. The molecule has 18 heavy (non-hydrogen) atoms. The van der Waals surface area contributed by atoms with Crippen LogP contribution >= 0.6 is 15.9 Å². The lowest BCUT2D eigenvalue weighted by Gasteiger charge is -2.15. The van der Waals surface area contributed by atoms with Crippen molar-refractivity contribution in [2.75, 3.05) is 12.4 Å². The van der Waals surface area contributed by atoms with Crippen LogP contribution < -0.4 is 5.32 Å². The van der Waals surface area contributed by atoms with Gasteiger partial charge in [-0.2, -0.15) is 0 Å². The highest BCUT2D eigenvalue weighted by molar-refractivity contribution is 9.10. The molecule has 2 rings (SSSR count). The number of rotatable bonds is 4. The summed E-state index contributed by atoms with van der Waals surface area (Å²) in [5, 5.41) is 14.0. The summed E-state index contributed by atoms with van der Waals surface area (Å²) in [4.78, 5) is 10.2. The average molecular weight is 315 g/mol. The molecule has 0 amide bonds. The zero-order chi connectivity index (χ0) is 13.1. The Morgan fingerprint density at radius 3 is 2.83 bits per heavy atom. The summed E-state index contributed by atoms with van der Waals surface area (Å²) in [6.07, 6.45) is 3.40. The minimum Gasteiger partial charge on any atom is -0.381 e. The number of anilines is 1. The van der Waals surface area contributed by atoms with E-state index < -0.39 is 4.92 Å². The number of non-ortho nitro benzene ring substituents is 1. The molecule has 0 aliphatic heterocycles. The van der Waals surface area contributed by atoms with E-state index in [2.05, 4.69) is 21.2 Å². The number of methoxy groups -OCH3 is 1. The molecule has 1 saturated carbocycles. The van der Waals surface area contributed by atoms with E-state index in [4.69, 9.17) is 4.74 Å². The molecule has 98 valence electrons. The third-order valence-corrected chi connectivity index (χ3v) is 3.90. The lowest BCUT2D eigenvalue weighted by molar-refractivity contribution is -0.384. The summed E-state index contributed by atoms with van der Waals surface area (Å²) in [6, 6.07) is 5.14. The van der Waals surface area contributed by atoms with Crippen molar-refractivity contribution in [3.63, 3.8) is 0 Å².